The van der Waals surface area contributed by atoms with Gasteiger partial charge >= 0.3 is 0 Å². The fourth-order valence-corrected chi connectivity index (χ4v) is 2.55. The number of methoxy groups -OCH3 is 2. The van der Waals surface area contributed by atoms with Gasteiger partial charge in [0.25, 0.3) is 0 Å². The fourth-order valence-electron chi connectivity index (χ4n) is 2.29. The smallest absolute Gasteiger partial charge is 0.180 e. The number of benzene rings is 2. The van der Waals surface area contributed by atoms with Crippen molar-refractivity contribution in [3.8, 4) is 11.5 Å². The van der Waals surface area contributed by atoms with Crippen molar-refractivity contribution in [3.05, 3.63) is 54.1 Å². The highest BCUT2D eigenvalue weighted by Crippen LogP contribution is 2.21. The molecule has 6 heteroatoms. The molecule has 5 nitrogen and oxygen atoms in total. The highest BCUT2D eigenvalue weighted by molar-refractivity contribution is 7.80. The van der Waals surface area contributed by atoms with E-state index in [1.165, 1.54) is 0 Å². The molecule has 1 N–H and O–H groups in total. The van der Waals surface area contributed by atoms with Crippen molar-refractivity contribution in [1.82, 2.24) is 5.32 Å². The summed E-state index contributed by atoms with van der Waals surface area (Å²) in [6, 6.07) is 15.4. The van der Waals surface area contributed by atoms with Crippen molar-refractivity contribution in [3.63, 3.8) is 0 Å². The van der Waals surface area contributed by atoms with Gasteiger partial charge in [0, 0.05) is 11.3 Å². The first-order valence-electron chi connectivity index (χ1n) is 7.12. The summed E-state index contributed by atoms with van der Waals surface area (Å²) in [6.07, 6.45) is 0. The van der Waals surface area contributed by atoms with E-state index in [4.69, 9.17) is 21.7 Å². The second-order valence-corrected chi connectivity index (χ2v) is 5.32. The zero-order valence-corrected chi connectivity index (χ0v) is 13.8. The lowest BCUT2D eigenvalue weighted by molar-refractivity contribution is 0.414. The quantitative estimate of drug-likeness (QED) is 0.875. The average molecular weight is 327 g/mol. The van der Waals surface area contributed by atoms with Crippen molar-refractivity contribution in [1.29, 1.82) is 0 Å². The van der Waals surface area contributed by atoms with E-state index < -0.39 is 0 Å². The van der Waals surface area contributed by atoms with Crippen LogP contribution in [-0.4, -0.2) is 31.8 Å². The summed E-state index contributed by atoms with van der Waals surface area (Å²) in [4.78, 5) is 6.51. The Morgan fingerprint density at radius 1 is 0.957 bits per heavy atom. The number of ether oxygens (including phenoxy) is 2. The Hall–Kier alpha value is -2.60. The standard InChI is InChI=1S/C17H17N3O2S/c1-21-14-7-3-12(4-8-14)16-18-11-20(17(23)19-16)13-5-9-15(22-2)10-6-13/h3-10H,11H2,1-2H3,(H,18,19,23). The number of anilines is 1. The second-order valence-electron chi connectivity index (χ2n) is 4.93. The Morgan fingerprint density at radius 2 is 1.52 bits per heavy atom. The number of nitrogens with zero attached hydrogens (tertiary/aromatic N) is 2. The van der Waals surface area contributed by atoms with Gasteiger partial charge in [-0.3, -0.25) is 4.90 Å². The van der Waals surface area contributed by atoms with Crippen LogP contribution in [0.3, 0.4) is 0 Å². The van der Waals surface area contributed by atoms with Gasteiger partial charge in [-0.05, 0) is 60.7 Å². The van der Waals surface area contributed by atoms with E-state index in [0.717, 1.165) is 28.6 Å². The molecule has 1 aliphatic heterocycles. The third-order valence-electron chi connectivity index (χ3n) is 3.59. The summed E-state index contributed by atoms with van der Waals surface area (Å²) in [7, 11) is 3.29. The van der Waals surface area contributed by atoms with Gasteiger partial charge in [-0.15, -0.1) is 0 Å². The van der Waals surface area contributed by atoms with Gasteiger partial charge in [-0.25, -0.2) is 4.99 Å². The van der Waals surface area contributed by atoms with E-state index in [2.05, 4.69) is 10.3 Å². The predicted molar refractivity (Wildman–Crippen MR) is 95.6 cm³/mol. The number of hydrogen-bond donors (Lipinski definition) is 1. The zero-order chi connectivity index (χ0) is 16.2. The van der Waals surface area contributed by atoms with E-state index in [0.29, 0.717) is 11.8 Å². The number of rotatable bonds is 4. The van der Waals surface area contributed by atoms with E-state index >= 15 is 0 Å². The summed E-state index contributed by atoms with van der Waals surface area (Å²) >= 11 is 5.47. The highest BCUT2D eigenvalue weighted by atomic mass is 32.1. The van der Waals surface area contributed by atoms with Crippen molar-refractivity contribution < 1.29 is 9.47 Å². The molecule has 2 aromatic carbocycles. The lowest BCUT2D eigenvalue weighted by Crippen LogP contribution is -2.47. The molecule has 0 atom stereocenters. The lowest BCUT2D eigenvalue weighted by atomic mass is 10.2. The summed E-state index contributed by atoms with van der Waals surface area (Å²) < 4.78 is 10.3. The molecule has 23 heavy (non-hydrogen) atoms. The third-order valence-corrected chi connectivity index (χ3v) is 3.91. The molecule has 0 amide bonds. The van der Waals surface area contributed by atoms with Crippen LogP contribution in [0.15, 0.2) is 53.5 Å². The van der Waals surface area contributed by atoms with Gasteiger partial charge in [0.05, 0.1) is 14.2 Å². The summed E-state index contributed by atoms with van der Waals surface area (Å²) in [5.41, 5.74) is 1.95. The first-order chi connectivity index (χ1) is 11.2. The van der Waals surface area contributed by atoms with Gasteiger partial charge in [0.15, 0.2) is 5.11 Å². The summed E-state index contributed by atoms with van der Waals surface area (Å²) in [6.45, 7) is 0.472. The molecule has 0 saturated heterocycles. The predicted octanol–water partition coefficient (Wildman–Crippen LogP) is 2.80. The maximum absolute atomic E-state index is 5.47. The van der Waals surface area contributed by atoms with Crippen LogP contribution in [0.2, 0.25) is 0 Å². The molecule has 3 rings (SSSR count). The first kappa shape index (κ1) is 15.3. The van der Waals surface area contributed by atoms with Crippen LogP contribution in [0.5, 0.6) is 11.5 Å². The van der Waals surface area contributed by atoms with Crippen molar-refractivity contribution in [2.75, 3.05) is 25.8 Å². The van der Waals surface area contributed by atoms with Crippen LogP contribution in [-0.2, 0) is 0 Å². The van der Waals surface area contributed by atoms with Crippen molar-refractivity contribution >= 4 is 28.9 Å². The molecule has 0 bridgehead atoms. The van der Waals surface area contributed by atoms with Crippen LogP contribution in [0.25, 0.3) is 0 Å². The largest absolute Gasteiger partial charge is 0.497 e. The van der Waals surface area contributed by atoms with Gasteiger partial charge < -0.3 is 14.8 Å². The molecule has 0 fully saturated rings. The van der Waals surface area contributed by atoms with Crippen LogP contribution >= 0.6 is 12.2 Å². The van der Waals surface area contributed by atoms with E-state index in [-0.39, 0.29) is 0 Å². The molecule has 0 radical (unpaired) electrons. The Balaban J connectivity index is 1.78. The molecule has 118 valence electrons. The Morgan fingerprint density at radius 3 is 2.04 bits per heavy atom. The van der Waals surface area contributed by atoms with E-state index in [1.54, 1.807) is 14.2 Å². The number of aliphatic imine (C=N–C) groups is 1. The average Bonchev–Trinajstić information content (AvgIpc) is 2.62. The topological polar surface area (TPSA) is 46.1 Å². The van der Waals surface area contributed by atoms with Crippen molar-refractivity contribution in [2.24, 2.45) is 4.99 Å². The third kappa shape index (κ3) is 3.27. The minimum atomic E-state index is 0.472. The number of hydrogen-bond acceptors (Lipinski definition) is 4. The molecule has 0 unspecified atom stereocenters. The SMILES string of the molecule is COc1ccc(C2=NCN(c3ccc(OC)cc3)C(=S)N2)cc1. The Bertz CT molecular complexity index is 727. The zero-order valence-electron chi connectivity index (χ0n) is 12.9. The summed E-state index contributed by atoms with van der Waals surface area (Å²) in [5.74, 6) is 2.39. The Labute approximate surface area is 140 Å². The fraction of sp³-hybridized carbons (Fsp3) is 0.176. The van der Waals surface area contributed by atoms with Gasteiger partial charge in [-0.2, -0.15) is 0 Å². The van der Waals surface area contributed by atoms with Crippen LogP contribution in [0.1, 0.15) is 5.56 Å². The molecule has 2 aromatic rings. The molecule has 0 aliphatic carbocycles. The van der Waals surface area contributed by atoms with Gasteiger partial charge in [0.1, 0.15) is 24.0 Å². The maximum atomic E-state index is 5.47. The van der Waals surface area contributed by atoms with Crippen LogP contribution < -0.4 is 19.7 Å². The van der Waals surface area contributed by atoms with Crippen molar-refractivity contribution in [2.45, 2.75) is 0 Å². The Kier molecular flexibility index (Phi) is 4.43. The molecule has 0 spiro atoms. The van der Waals surface area contributed by atoms with Crippen LogP contribution in [0.4, 0.5) is 5.69 Å². The first-order valence-corrected chi connectivity index (χ1v) is 7.53. The van der Waals surface area contributed by atoms with E-state index in [9.17, 15) is 0 Å². The molecule has 1 aliphatic rings. The number of thiocarbonyl (C=S) groups is 1. The van der Waals surface area contributed by atoms with Gasteiger partial charge in [-0.1, -0.05) is 0 Å². The molecular weight excluding hydrogens is 310 g/mol. The molecule has 0 aromatic heterocycles. The molecule has 0 saturated carbocycles. The minimum Gasteiger partial charge on any atom is -0.497 e. The van der Waals surface area contributed by atoms with Crippen LogP contribution in [0, 0.1) is 0 Å². The molecular formula is C17H17N3O2S. The number of amidine groups is 1. The minimum absolute atomic E-state index is 0.472. The maximum Gasteiger partial charge on any atom is 0.180 e. The van der Waals surface area contributed by atoms with E-state index in [1.807, 2.05) is 53.4 Å². The highest BCUT2D eigenvalue weighted by Gasteiger charge is 2.19. The molecule has 1 heterocycles. The summed E-state index contributed by atoms with van der Waals surface area (Å²) in [5, 5.41) is 3.80. The monoisotopic (exact) mass is 327 g/mol. The second kappa shape index (κ2) is 6.66. The lowest BCUT2D eigenvalue weighted by Gasteiger charge is -2.29. The normalized spacial score (nSPS) is 14.1. The van der Waals surface area contributed by atoms with Gasteiger partial charge in [0.2, 0.25) is 0 Å². The number of nitrogens with one attached hydrogen (secondary N) is 1.